The van der Waals surface area contributed by atoms with Gasteiger partial charge in [-0.2, -0.15) is 0 Å². The summed E-state index contributed by atoms with van der Waals surface area (Å²) in [5.74, 6) is -1.94. The summed E-state index contributed by atoms with van der Waals surface area (Å²) in [4.78, 5) is 37.5. The number of hydrogen-bond acceptors (Lipinski definition) is 6. The van der Waals surface area contributed by atoms with Crippen LogP contribution in [-0.2, 0) is 14.4 Å². The minimum absolute atomic E-state index is 0. The van der Waals surface area contributed by atoms with Crippen molar-refractivity contribution in [3.63, 3.8) is 0 Å². The second kappa shape index (κ2) is 9.19. The Hall–Kier alpha value is -1.72. The van der Waals surface area contributed by atoms with Crippen LogP contribution < -0.4 is 11.1 Å². The number of carbonyl (C=O) groups is 3. The number of halogens is 2. The summed E-state index contributed by atoms with van der Waals surface area (Å²) in [5.41, 5.74) is 6.41. The van der Waals surface area contributed by atoms with Crippen molar-refractivity contribution in [3.8, 4) is 5.75 Å². The number of hydrogen-bond donors (Lipinski definition) is 4. The standard InChI is InChI=1S/C16H19N3O5S.2ClH.H2O/c1-16(2)11(15(23)24)19-13(22)10(14(19)25-16)18-12(21)9(17)7-3-5-8(20)6-4-7;;;/h3-6,9-11,14,20H,17H2,1-2H3,(H,18,21)(H,23,24);2*1H;1H2/t9-,10+,11-,14+;;;/m0.../s1. The molecule has 2 fully saturated rings. The number of carboxylic acids is 1. The molecule has 2 aliphatic rings. The summed E-state index contributed by atoms with van der Waals surface area (Å²) in [6.07, 6.45) is 0. The number of β-lactam (4-membered cyclic amide) rings is 1. The molecule has 2 heterocycles. The van der Waals surface area contributed by atoms with Gasteiger partial charge in [-0.3, -0.25) is 9.59 Å². The number of amides is 2. The van der Waals surface area contributed by atoms with E-state index in [9.17, 15) is 24.6 Å². The largest absolute Gasteiger partial charge is 0.508 e. The van der Waals surface area contributed by atoms with Crippen molar-refractivity contribution in [3.05, 3.63) is 29.8 Å². The van der Waals surface area contributed by atoms with Crippen LogP contribution >= 0.6 is 36.6 Å². The van der Waals surface area contributed by atoms with Crippen molar-refractivity contribution < 1.29 is 30.1 Å². The van der Waals surface area contributed by atoms with Crippen LogP contribution in [0.15, 0.2) is 24.3 Å². The lowest BCUT2D eigenvalue weighted by Crippen LogP contribution is -2.71. The van der Waals surface area contributed by atoms with Crippen LogP contribution in [-0.4, -0.2) is 60.6 Å². The number of carboxylic acid groups (broad SMARTS) is 1. The molecule has 2 saturated heterocycles. The first-order chi connectivity index (χ1) is 11.6. The molecule has 12 heteroatoms. The van der Waals surface area contributed by atoms with E-state index < -0.39 is 46.0 Å². The highest BCUT2D eigenvalue weighted by atomic mass is 35.5. The average Bonchev–Trinajstić information content (AvgIpc) is 2.80. The molecule has 28 heavy (non-hydrogen) atoms. The maximum absolute atomic E-state index is 12.3. The van der Waals surface area contributed by atoms with Gasteiger partial charge in [-0.1, -0.05) is 12.1 Å². The second-order valence-electron chi connectivity index (χ2n) is 6.65. The maximum atomic E-state index is 12.3. The zero-order valence-corrected chi connectivity index (χ0v) is 17.4. The molecular formula is C16H23Cl2N3O6S. The number of aromatic hydroxyl groups is 1. The van der Waals surface area contributed by atoms with Crippen LogP contribution in [0.5, 0.6) is 5.75 Å². The van der Waals surface area contributed by atoms with Crippen LogP contribution in [0.3, 0.4) is 0 Å². The summed E-state index contributed by atoms with van der Waals surface area (Å²) < 4.78 is -0.648. The van der Waals surface area contributed by atoms with Crippen molar-refractivity contribution in [2.75, 3.05) is 0 Å². The zero-order valence-electron chi connectivity index (χ0n) is 15.0. The summed E-state index contributed by atoms with van der Waals surface area (Å²) in [6.45, 7) is 3.53. The third-order valence-electron chi connectivity index (χ3n) is 4.51. The fraction of sp³-hybridized carbons (Fsp3) is 0.438. The van der Waals surface area contributed by atoms with Crippen LogP contribution in [0.2, 0.25) is 0 Å². The van der Waals surface area contributed by atoms with E-state index in [4.69, 9.17) is 5.73 Å². The third kappa shape index (κ3) is 4.31. The van der Waals surface area contributed by atoms with Crippen LogP contribution in [0, 0.1) is 0 Å². The Balaban J connectivity index is 0.00000243. The quantitative estimate of drug-likeness (QED) is 0.465. The Bertz CT molecular complexity index is 748. The predicted octanol–water partition coefficient (Wildman–Crippen LogP) is 0.0426. The smallest absolute Gasteiger partial charge is 0.327 e. The van der Waals surface area contributed by atoms with E-state index in [-0.39, 0.29) is 36.0 Å². The molecule has 0 spiro atoms. The molecule has 7 N–H and O–H groups in total. The molecule has 0 unspecified atom stereocenters. The molecule has 0 aliphatic carbocycles. The summed E-state index contributed by atoms with van der Waals surface area (Å²) in [6, 6.07) is 3.21. The number of phenolic OH excluding ortho intramolecular Hbond substituents is 1. The highest BCUT2D eigenvalue weighted by molar-refractivity contribution is 8.01. The SMILES string of the molecule is CC1(C)S[C@@H]2[C@H](NC(=O)[C@@H](N)c3ccc(O)cc3)C(=O)N2[C@H]1C(=O)O.Cl.Cl.O. The number of nitrogens with two attached hydrogens (primary N) is 1. The van der Waals surface area contributed by atoms with Crippen molar-refractivity contribution in [2.45, 2.75) is 42.1 Å². The Labute approximate surface area is 178 Å². The summed E-state index contributed by atoms with van der Waals surface area (Å²) >= 11 is 1.35. The van der Waals surface area contributed by atoms with Gasteiger partial charge >= 0.3 is 5.97 Å². The van der Waals surface area contributed by atoms with E-state index in [1.807, 2.05) is 0 Å². The van der Waals surface area contributed by atoms with Crippen molar-refractivity contribution >= 4 is 54.4 Å². The van der Waals surface area contributed by atoms with Crippen LogP contribution in [0.4, 0.5) is 0 Å². The Kier molecular flexibility index (Phi) is 8.62. The number of aliphatic carboxylic acids is 1. The molecule has 4 atom stereocenters. The van der Waals surface area contributed by atoms with Gasteiger partial charge in [0.25, 0.3) is 0 Å². The second-order valence-corrected chi connectivity index (χ2v) is 8.42. The van der Waals surface area contributed by atoms with Gasteiger partial charge in [0.2, 0.25) is 11.8 Å². The number of fused-ring (bicyclic) bond motifs is 1. The normalized spacial score (nSPS) is 25.0. The van der Waals surface area contributed by atoms with E-state index in [1.54, 1.807) is 13.8 Å². The van der Waals surface area contributed by atoms with Gasteiger partial charge < -0.3 is 31.6 Å². The van der Waals surface area contributed by atoms with E-state index in [2.05, 4.69) is 5.32 Å². The first-order valence-electron chi connectivity index (χ1n) is 7.71. The molecule has 3 rings (SSSR count). The fourth-order valence-electron chi connectivity index (χ4n) is 3.22. The van der Waals surface area contributed by atoms with Gasteiger partial charge in [-0.15, -0.1) is 36.6 Å². The highest BCUT2D eigenvalue weighted by Crippen LogP contribution is 2.50. The van der Waals surface area contributed by atoms with Gasteiger partial charge in [0, 0.05) is 4.75 Å². The lowest BCUT2D eigenvalue weighted by atomic mass is 9.95. The first-order valence-corrected chi connectivity index (χ1v) is 8.59. The van der Waals surface area contributed by atoms with Gasteiger partial charge in [-0.05, 0) is 31.5 Å². The van der Waals surface area contributed by atoms with Crippen molar-refractivity contribution in [1.29, 1.82) is 0 Å². The average molecular weight is 456 g/mol. The molecule has 1 aromatic rings. The zero-order chi connectivity index (χ0) is 18.5. The molecule has 0 aromatic heterocycles. The first kappa shape index (κ1) is 26.3. The number of phenols is 1. The van der Waals surface area contributed by atoms with Gasteiger partial charge in [-0.25, -0.2) is 4.79 Å². The van der Waals surface area contributed by atoms with Gasteiger partial charge in [0.05, 0.1) is 0 Å². The van der Waals surface area contributed by atoms with Gasteiger partial charge in [0.1, 0.15) is 29.2 Å². The highest BCUT2D eigenvalue weighted by Gasteiger charge is 2.64. The number of nitrogens with one attached hydrogen (secondary N) is 1. The Morgan fingerprint density at radius 1 is 1.25 bits per heavy atom. The molecule has 2 amide bonds. The Morgan fingerprint density at radius 3 is 2.29 bits per heavy atom. The monoisotopic (exact) mass is 455 g/mol. The molecule has 0 radical (unpaired) electrons. The molecular weight excluding hydrogens is 433 g/mol. The Morgan fingerprint density at radius 2 is 1.79 bits per heavy atom. The number of carbonyl (C=O) groups excluding carboxylic acids is 2. The van der Waals surface area contributed by atoms with E-state index >= 15 is 0 Å². The molecule has 9 nitrogen and oxygen atoms in total. The van der Waals surface area contributed by atoms with E-state index in [0.29, 0.717) is 5.56 Å². The van der Waals surface area contributed by atoms with Crippen molar-refractivity contribution in [2.24, 2.45) is 5.73 Å². The van der Waals surface area contributed by atoms with Crippen LogP contribution in [0.1, 0.15) is 25.5 Å². The molecule has 2 aliphatic heterocycles. The van der Waals surface area contributed by atoms with Crippen molar-refractivity contribution in [1.82, 2.24) is 10.2 Å². The lowest BCUT2D eigenvalue weighted by Gasteiger charge is -2.43. The van der Waals surface area contributed by atoms with Gasteiger partial charge in [0.15, 0.2) is 0 Å². The molecule has 1 aromatic carbocycles. The van der Waals surface area contributed by atoms with E-state index in [1.165, 1.54) is 40.9 Å². The number of benzene rings is 1. The lowest BCUT2D eigenvalue weighted by molar-refractivity contribution is -0.161. The maximum Gasteiger partial charge on any atom is 0.327 e. The molecule has 0 bridgehead atoms. The third-order valence-corrected chi connectivity index (χ3v) is 6.08. The number of thioether (sulfide) groups is 1. The fourth-order valence-corrected chi connectivity index (χ4v) is 4.85. The molecule has 158 valence electrons. The number of rotatable bonds is 4. The topological polar surface area (TPSA) is 164 Å². The van der Waals surface area contributed by atoms with Crippen LogP contribution in [0.25, 0.3) is 0 Å². The summed E-state index contributed by atoms with van der Waals surface area (Å²) in [7, 11) is 0. The molecule has 0 saturated carbocycles. The number of nitrogens with zero attached hydrogens (tertiary/aromatic N) is 1. The predicted molar refractivity (Wildman–Crippen MR) is 109 cm³/mol. The minimum Gasteiger partial charge on any atom is -0.508 e. The minimum atomic E-state index is -1.06. The van der Waals surface area contributed by atoms with E-state index in [0.717, 1.165) is 0 Å². The summed E-state index contributed by atoms with van der Waals surface area (Å²) in [5, 5.41) is 20.9.